The van der Waals surface area contributed by atoms with Crippen molar-refractivity contribution < 1.29 is 18.4 Å². The van der Waals surface area contributed by atoms with Crippen molar-refractivity contribution in [2.24, 2.45) is 5.73 Å². The van der Waals surface area contributed by atoms with Crippen LogP contribution in [-0.2, 0) is 4.79 Å². The maximum atomic E-state index is 13.1. The maximum Gasteiger partial charge on any atom is 0.324 e. The van der Waals surface area contributed by atoms with E-state index in [1.54, 1.807) is 32.2 Å². The molecule has 0 radical (unpaired) electrons. The second-order valence-electron chi connectivity index (χ2n) is 5.61. The lowest BCUT2D eigenvalue weighted by atomic mass is 10.1. The monoisotopic (exact) mass is 342 g/mol. The first-order chi connectivity index (χ1) is 11.2. The van der Waals surface area contributed by atoms with Gasteiger partial charge in [-0.15, -0.1) is 0 Å². The Morgan fingerprint density at radius 2 is 2.17 bits per heavy atom. The molecule has 0 aromatic carbocycles. The Morgan fingerprint density at radius 1 is 1.50 bits per heavy atom. The zero-order chi connectivity index (χ0) is 18.3. The molecule has 0 spiro atoms. The minimum absolute atomic E-state index is 0.145. The molecule has 2 rings (SSSR count). The molecule has 0 bridgehead atoms. The van der Waals surface area contributed by atoms with Crippen molar-refractivity contribution in [2.45, 2.75) is 39.2 Å². The average molecular weight is 342 g/mol. The molecule has 1 aliphatic heterocycles. The smallest absolute Gasteiger partial charge is 0.324 e. The molecule has 2 heterocycles. The van der Waals surface area contributed by atoms with Crippen LogP contribution in [0.5, 0.6) is 0 Å². The van der Waals surface area contributed by atoms with E-state index in [9.17, 15) is 18.4 Å². The summed E-state index contributed by atoms with van der Waals surface area (Å²) in [5, 5.41) is 3.05. The minimum atomic E-state index is -3.20. The first-order valence-electron chi connectivity index (χ1n) is 7.81. The van der Waals surface area contributed by atoms with Crippen LogP contribution in [0.2, 0.25) is 0 Å². The second-order valence-corrected chi connectivity index (χ2v) is 5.61. The zero-order valence-corrected chi connectivity index (χ0v) is 14.2. The molecule has 1 aliphatic rings. The van der Waals surface area contributed by atoms with Gasteiger partial charge in [-0.25, -0.2) is 0 Å². The Kier molecular flexibility index (Phi) is 7.21. The molecule has 0 aliphatic carbocycles. The molecule has 8 heteroatoms. The van der Waals surface area contributed by atoms with E-state index >= 15 is 0 Å². The Balaban J connectivity index is 0.000000254. The van der Waals surface area contributed by atoms with E-state index in [1.807, 2.05) is 0 Å². The number of hydrogen-bond donors (Lipinski definition) is 2. The number of amides is 2. The number of nitrogens with one attached hydrogen (secondary N) is 1. The zero-order valence-electron chi connectivity index (χ0n) is 14.2. The fraction of sp³-hybridized carbons (Fsp3) is 0.562. The standard InChI is InChI=1S/C9H16F2N2O.C7H8N2O/c1-3-9(10,11)8(14)13-5-4-12-6-7(13)2;1-5-6(7(8)10)3-2-4-9-5/h7,12H,3-6H2,1-2H3;2-4H,1H3,(H2,8,10). The maximum absolute atomic E-state index is 13.1. The molecule has 2 amide bonds. The van der Waals surface area contributed by atoms with E-state index in [4.69, 9.17) is 5.73 Å². The van der Waals surface area contributed by atoms with Crippen molar-refractivity contribution in [3.8, 4) is 0 Å². The summed E-state index contributed by atoms with van der Waals surface area (Å²) < 4.78 is 26.2. The lowest BCUT2D eigenvalue weighted by molar-refractivity contribution is -0.160. The molecule has 1 atom stereocenters. The fourth-order valence-corrected chi connectivity index (χ4v) is 2.25. The molecule has 3 N–H and O–H groups in total. The van der Waals surface area contributed by atoms with Gasteiger partial charge in [-0.05, 0) is 26.0 Å². The predicted molar refractivity (Wildman–Crippen MR) is 86.8 cm³/mol. The lowest BCUT2D eigenvalue weighted by Crippen LogP contribution is -2.56. The second kappa shape index (κ2) is 8.68. The summed E-state index contributed by atoms with van der Waals surface area (Å²) in [6, 6.07) is 3.20. The van der Waals surface area contributed by atoms with Crippen LogP contribution in [0.25, 0.3) is 0 Å². The van der Waals surface area contributed by atoms with Crippen LogP contribution in [0.1, 0.15) is 36.3 Å². The van der Waals surface area contributed by atoms with Crippen molar-refractivity contribution in [3.05, 3.63) is 29.6 Å². The van der Waals surface area contributed by atoms with Gasteiger partial charge in [0.15, 0.2) is 0 Å². The Morgan fingerprint density at radius 3 is 2.62 bits per heavy atom. The van der Waals surface area contributed by atoms with Gasteiger partial charge in [0.1, 0.15) is 0 Å². The molecule has 134 valence electrons. The van der Waals surface area contributed by atoms with Crippen LogP contribution >= 0.6 is 0 Å². The number of primary amides is 1. The summed E-state index contributed by atoms with van der Waals surface area (Å²) in [6.07, 6.45) is 1.20. The number of aromatic nitrogens is 1. The summed E-state index contributed by atoms with van der Waals surface area (Å²) >= 11 is 0. The van der Waals surface area contributed by atoms with Gasteiger partial charge in [-0.3, -0.25) is 14.6 Å². The Labute approximate surface area is 140 Å². The average Bonchev–Trinajstić information content (AvgIpc) is 2.55. The highest BCUT2D eigenvalue weighted by Crippen LogP contribution is 2.22. The number of rotatable bonds is 3. The van der Waals surface area contributed by atoms with E-state index in [1.165, 1.54) is 11.8 Å². The highest BCUT2D eigenvalue weighted by atomic mass is 19.3. The molecule has 0 saturated carbocycles. The largest absolute Gasteiger partial charge is 0.366 e. The number of piperazine rings is 1. The third kappa shape index (κ3) is 5.23. The topological polar surface area (TPSA) is 88.3 Å². The summed E-state index contributed by atoms with van der Waals surface area (Å²) in [7, 11) is 0. The first-order valence-corrected chi connectivity index (χ1v) is 7.81. The van der Waals surface area contributed by atoms with Crippen LogP contribution in [0.3, 0.4) is 0 Å². The van der Waals surface area contributed by atoms with Crippen LogP contribution in [0, 0.1) is 6.92 Å². The molecule has 1 aromatic heterocycles. The van der Waals surface area contributed by atoms with Crippen molar-refractivity contribution in [3.63, 3.8) is 0 Å². The quantitative estimate of drug-likeness (QED) is 0.868. The van der Waals surface area contributed by atoms with Gasteiger partial charge in [0.05, 0.1) is 5.56 Å². The SMILES string of the molecule is CCC(F)(F)C(=O)N1CCNCC1C.Cc1ncccc1C(N)=O. The number of carbonyl (C=O) groups excluding carboxylic acids is 2. The summed E-state index contributed by atoms with van der Waals surface area (Å²) in [5.41, 5.74) is 6.20. The lowest BCUT2D eigenvalue weighted by Gasteiger charge is -2.35. The van der Waals surface area contributed by atoms with Crippen LogP contribution in [0.15, 0.2) is 18.3 Å². The van der Waals surface area contributed by atoms with Gasteiger partial charge in [0, 0.05) is 44.0 Å². The van der Waals surface area contributed by atoms with Gasteiger partial charge in [0.25, 0.3) is 11.8 Å². The van der Waals surface area contributed by atoms with Crippen LogP contribution in [-0.4, -0.2) is 53.3 Å². The summed E-state index contributed by atoms with van der Waals surface area (Å²) in [6.45, 7) is 6.40. The molecule has 1 aromatic rings. The van der Waals surface area contributed by atoms with E-state index in [-0.39, 0.29) is 6.04 Å². The molecule has 1 unspecified atom stereocenters. The van der Waals surface area contributed by atoms with E-state index in [0.29, 0.717) is 30.9 Å². The first kappa shape index (κ1) is 20.0. The predicted octanol–water partition coefficient (Wildman–Crippen LogP) is 1.34. The Hall–Kier alpha value is -2.09. The number of nitrogens with zero attached hydrogens (tertiary/aromatic N) is 2. The van der Waals surface area contributed by atoms with Crippen LogP contribution < -0.4 is 11.1 Å². The van der Waals surface area contributed by atoms with Crippen molar-refractivity contribution in [2.75, 3.05) is 19.6 Å². The minimum Gasteiger partial charge on any atom is -0.366 e. The van der Waals surface area contributed by atoms with Gasteiger partial charge in [-0.2, -0.15) is 8.78 Å². The highest BCUT2D eigenvalue weighted by Gasteiger charge is 2.41. The molecule has 6 nitrogen and oxygen atoms in total. The third-order valence-corrected chi connectivity index (χ3v) is 3.79. The van der Waals surface area contributed by atoms with E-state index < -0.39 is 24.2 Å². The summed E-state index contributed by atoms with van der Waals surface area (Å²) in [4.78, 5) is 27.2. The van der Waals surface area contributed by atoms with Gasteiger partial charge < -0.3 is 16.0 Å². The Bertz CT molecular complexity index is 581. The number of aryl methyl sites for hydroxylation is 1. The van der Waals surface area contributed by atoms with Gasteiger partial charge >= 0.3 is 5.92 Å². The normalized spacial score (nSPS) is 17.7. The highest BCUT2D eigenvalue weighted by molar-refractivity contribution is 5.93. The number of nitrogens with two attached hydrogens (primary N) is 1. The fourth-order valence-electron chi connectivity index (χ4n) is 2.25. The van der Waals surface area contributed by atoms with Crippen molar-refractivity contribution in [1.29, 1.82) is 0 Å². The summed E-state index contributed by atoms with van der Waals surface area (Å²) in [5.74, 6) is -4.66. The molecular formula is C16H24F2N4O2. The number of hydrogen-bond acceptors (Lipinski definition) is 4. The molecule has 24 heavy (non-hydrogen) atoms. The van der Waals surface area contributed by atoms with Crippen molar-refractivity contribution in [1.82, 2.24) is 15.2 Å². The van der Waals surface area contributed by atoms with Crippen LogP contribution in [0.4, 0.5) is 8.78 Å². The van der Waals surface area contributed by atoms with Gasteiger partial charge in [0.2, 0.25) is 0 Å². The molecule has 1 fully saturated rings. The molecular weight excluding hydrogens is 318 g/mol. The number of alkyl halides is 2. The third-order valence-electron chi connectivity index (χ3n) is 3.79. The number of pyridine rings is 1. The van der Waals surface area contributed by atoms with Crippen molar-refractivity contribution >= 4 is 11.8 Å². The van der Waals surface area contributed by atoms with E-state index in [2.05, 4.69) is 10.3 Å². The van der Waals surface area contributed by atoms with Gasteiger partial charge in [-0.1, -0.05) is 6.92 Å². The number of carbonyl (C=O) groups is 2. The van der Waals surface area contributed by atoms with E-state index in [0.717, 1.165) is 0 Å². The number of halogens is 2. The molecule has 1 saturated heterocycles.